The van der Waals surface area contributed by atoms with Crippen LogP contribution in [0.5, 0.6) is 11.5 Å². The molecule has 0 aromatic heterocycles. The first-order chi connectivity index (χ1) is 11.2. The van der Waals surface area contributed by atoms with E-state index in [0.29, 0.717) is 12.1 Å². The van der Waals surface area contributed by atoms with Gasteiger partial charge < -0.3 is 4.74 Å². The summed E-state index contributed by atoms with van der Waals surface area (Å²) in [6.07, 6.45) is -2.88. The predicted octanol–water partition coefficient (Wildman–Crippen LogP) is 6.49. The number of thioether (sulfide) groups is 1. The molecule has 1 unspecified atom stereocenters. The molecule has 126 valence electrons. The van der Waals surface area contributed by atoms with Gasteiger partial charge in [0.15, 0.2) is 11.6 Å². The van der Waals surface area contributed by atoms with Crippen LogP contribution >= 0.6 is 23.4 Å². The maximum absolute atomic E-state index is 14.0. The van der Waals surface area contributed by atoms with Crippen LogP contribution in [0.25, 0.3) is 0 Å². The lowest BCUT2D eigenvalue weighted by molar-refractivity contribution is -0.137. The van der Waals surface area contributed by atoms with Crippen LogP contribution in [0.3, 0.4) is 0 Å². The summed E-state index contributed by atoms with van der Waals surface area (Å²) in [6.45, 7) is 1.97. The highest BCUT2D eigenvalue weighted by Gasteiger charge is 2.32. The van der Waals surface area contributed by atoms with Crippen molar-refractivity contribution >= 4 is 35.3 Å². The van der Waals surface area contributed by atoms with Gasteiger partial charge in [0.2, 0.25) is 0 Å². The second kappa shape index (κ2) is 6.29. The normalized spacial score (nSPS) is 16.8. The molecule has 2 aromatic carbocycles. The number of hydrogen-bond acceptors (Lipinski definition) is 3. The zero-order valence-corrected chi connectivity index (χ0v) is 13.8. The Bertz CT molecular complexity index is 799. The molecular weight excluding hydrogens is 366 g/mol. The lowest BCUT2D eigenvalue weighted by Crippen LogP contribution is -2.06. The molecule has 24 heavy (non-hydrogen) atoms. The molecule has 0 saturated carbocycles. The van der Waals surface area contributed by atoms with Crippen molar-refractivity contribution < 1.29 is 22.3 Å². The van der Waals surface area contributed by atoms with Crippen molar-refractivity contribution in [1.29, 1.82) is 0 Å². The number of nitrogens with zero attached hydrogens (tertiary/aromatic N) is 1. The average molecular weight is 376 g/mol. The Balaban J connectivity index is 1.92. The van der Waals surface area contributed by atoms with Gasteiger partial charge in [0.05, 0.1) is 16.3 Å². The lowest BCUT2D eigenvalue weighted by Gasteiger charge is -2.16. The third kappa shape index (κ3) is 3.52. The largest absolute Gasteiger partial charge is 0.453 e. The SMILES string of the molecule is CC1C=Nc2ccc(Oc3c(F)cc(C(F)(F)F)cc3Cl)cc2S1. The summed E-state index contributed by atoms with van der Waals surface area (Å²) < 4.78 is 57.3. The molecule has 0 saturated heterocycles. The van der Waals surface area contributed by atoms with Gasteiger partial charge in [-0.1, -0.05) is 11.6 Å². The molecule has 2 nitrogen and oxygen atoms in total. The van der Waals surface area contributed by atoms with Gasteiger partial charge in [0.25, 0.3) is 0 Å². The quantitative estimate of drug-likeness (QED) is 0.560. The van der Waals surface area contributed by atoms with Crippen LogP contribution in [0.15, 0.2) is 40.2 Å². The zero-order valence-electron chi connectivity index (χ0n) is 12.2. The number of ether oxygens (including phenoxy) is 1. The van der Waals surface area contributed by atoms with Crippen molar-refractivity contribution in [2.24, 2.45) is 4.99 Å². The molecule has 3 rings (SSSR count). The van der Waals surface area contributed by atoms with E-state index in [1.807, 2.05) is 6.92 Å². The Kier molecular flexibility index (Phi) is 4.48. The molecule has 1 atom stereocenters. The molecule has 0 radical (unpaired) electrons. The van der Waals surface area contributed by atoms with E-state index in [4.69, 9.17) is 16.3 Å². The van der Waals surface area contributed by atoms with Crippen molar-refractivity contribution in [3.05, 3.63) is 46.7 Å². The number of fused-ring (bicyclic) bond motifs is 1. The highest BCUT2D eigenvalue weighted by atomic mass is 35.5. The summed E-state index contributed by atoms with van der Waals surface area (Å²) in [5.41, 5.74) is -0.411. The van der Waals surface area contributed by atoms with Crippen LogP contribution in [0, 0.1) is 5.82 Å². The Labute approximate surface area is 144 Å². The van der Waals surface area contributed by atoms with Crippen molar-refractivity contribution in [1.82, 2.24) is 0 Å². The second-order valence-electron chi connectivity index (χ2n) is 5.10. The highest BCUT2D eigenvalue weighted by Crippen LogP contribution is 2.42. The van der Waals surface area contributed by atoms with E-state index in [1.54, 1.807) is 36.2 Å². The first-order valence-corrected chi connectivity index (χ1v) is 8.09. The number of aliphatic imine (C=N–C) groups is 1. The van der Waals surface area contributed by atoms with Crippen LogP contribution in [-0.4, -0.2) is 11.5 Å². The number of benzene rings is 2. The topological polar surface area (TPSA) is 21.6 Å². The fraction of sp³-hybridized carbons (Fsp3) is 0.188. The number of halogens is 5. The Morgan fingerprint density at radius 1 is 1.21 bits per heavy atom. The molecule has 1 aliphatic rings. The van der Waals surface area contributed by atoms with Gasteiger partial charge in [-0.05, 0) is 37.3 Å². The third-order valence-electron chi connectivity index (χ3n) is 3.21. The Morgan fingerprint density at radius 3 is 2.62 bits per heavy atom. The monoisotopic (exact) mass is 375 g/mol. The molecule has 0 N–H and O–H groups in total. The third-order valence-corrected chi connectivity index (χ3v) is 4.57. The smallest absolute Gasteiger partial charge is 0.416 e. The van der Waals surface area contributed by atoms with E-state index in [1.165, 1.54) is 0 Å². The van der Waals surface area contributed by atoms with E-state index in [0.717, 1.165) is 10.6 Å². The fourth-order valence-corrected chi connectivity index (χ4v) is 3.31. The first-order valence-electron chi connectivity index (χ1n) is 6.83. The molecule has 0 bridgehead atoms. The van der Waals surface area contributed by atoms with E-state index in [9.17, 15) is 17.6 Å². The minimum atomic E-state index is -4.68. The van der Waals surface area contributed by atoms with Gasteiger partial charge in [0.1, 0.15) is 5.75 Å². The Morgan fingerprint density at radius 2 is 1.96 bits per heavy atom. The molecule has 0 fully saturated rings. The summed E-state index contributed by atoms with van der Waals surface area (Å²) in [4.78, 5) is 5.11. The maximum atomic E-state index is 14.0. The number of rotatable bonds is 2. The lowest BCUT2D eigenvalue weighted by atomic mass is 10.2. The average Bonchev–Trinajstić information content (AvgIpc) is 2.49. The van der Waals surface area contributed by atoms with E-state index in [2.05, 4.69) is 4.99 Å². The Hall–Kier alpha value is -1.73. The minimum Gasteiger partial charge on any atom is -0.453 e. The second-order valence-corrected chi connectivity index (χ2v) is 6.93. The summed E-state index contributed by atoms with van der Waals surface area (Å²) >= 11 is 7.31. The number of hydrogen-bond donors (Lipinski definition) is 0. The van der Waals surface area contributed by atoms with Crippen LogP contribution in [0.4, 0.5) is 23.2 Å². The van der Waals surface area contributed by atoms with E-state index >= 15 is 0 Å². The summed E-state index contributed by atoms with van der Waals surface area (Å²) in [5.74, 6) is -1.35. The van der Waals surface area contributed by atoms with Gasteiger partial charge in [-0.3, -0.25) is 4.99 Å². The predicted molar refractivity (Wildman–Crippen MR) is 86.4 cm³/mol. The molecule has 0 aliphatic carbocycles. The summed E-state index contributed by atoms with van der Waals surface area (Å²) in [7, 11) is 0. The molecular formula is C16H10ClF4NOS. The molecule has 2 aromatic rings. The van der Waals surface area contributed by atoms with Crippen LogP contribution < -0.4 is 4.74 Å². The van der Waals surface area contributed by atoms with Gasteiger partial charge in [-0.2, -0.15) is 13.2 Å². The van der Waals surface area contributed by atoms with Crippen LogP contribution in [0.2, 0.25) is 5.02 Å². The molecule has 1 heterocycles. The summed E-state index contributed by atoms with van der Waals surface area (Å²) in [6, 6.07) is 5.90. The van der Waals surface area contributed by atoms with Crippen LogP contribution in [-0.2, 0) is 6.18 Å². The highest BCUT2D eigenvalue weighted by molar-refractivity contribution is 8.00. The minimum absolute atomic E-state index is 0.180. The van der Waals surface area contributed by atoms with Gasteiger partial charge in [-0.25, -0.2) is 4.39 Å². The molecule has 0 amide bonds. The summed E-state index contributed by atoms with van der Waals surface area (Å²) in [5, 5.41) is -0.266. The zero-order chi connectivity index (χ0) is 17.5. The van der Waals surface area contributed by atoms with Gasteiger partial charge in [0, 0.05) is 16.4 Å². The van der Waals surface area contributed by atoms with Gasteiger partial charge >= 0.3 is 6.18 Å². The molecule has 8 heteroatoms. The fourth-order valence-electron chi connectivity index (χ4n) is 2.11. The van der Waals surface area contributed by atoms with Crippen molar-refractivity contribution in [2.75, 3.05) is 0 Å². The number of alkyl halides is 3. The van der Waals surface area contributed by atoms with Crippen LogP contribution in [0.1, 0.15) is 12.5 Å². The molecule has 0 spiro atoms. The van der Waals surface area contributed by atoms with E-state index in [-0.39, 0.29) is 11.0 Å². The molecule has 1 aliphatic heterocycles. The van der Waals surface area contributed by atoms with Gasteiger partial charge in [-0.15, -0.1) is 11.8 Å². The van der Waals surface area contributed by atoms with Crippen molar-refractivity contribution in [3.63, 3.8) is 0 Å². The van der Waals surface area contributed by atoms with E-state index < -0.39 is 28.3 Å². The first kappa shape index (κ1) is 17.1. The van der Waals surface area contributed by atoms with Crippen molar-refractivity contribution in [2.45, 2.75) is 23.2 Å². The standard InChI is InChI=1S/C16H10ClF4NOS/c1-8-7-22-13-3-2-10(6-14(13)24-8)23-15-11(17)4-9(5-12(15)18)16(19,20)21/h2-8H,1H3. The van der Waals surface area contributed by atoms with Crippen molar-refractivity contribution in [3.8, 4) is 11.5 Å². The maximum Gasteiger partial charge on any atom is 0.416 e.